The molecule has 0 aliphatic rings. The summed E-state index contributed by atoms with van der Waals surface area (Å²) in [6.07, 6.45) is 0.989. The van der Waals surface area contributed by atoms with Crippen molar-refractivity contribution in [2.24, 2.45) is 4.99 Å². The van der Waals surface area contributed by atoms with Gasteiger partial charge in [0.25, 0.3) is 0 Å². The quantitative estimate of drug-likeness (QED) is 0.604. The van der Waals surface area contributed by atoms with Crippen molar-refractivity contribution in [1.82, 2.24) is 10.6 Å². The summed E-state index contributed by atoms with van der Waals surface area (Å²) in [5, 5.41) is 6.08. The normalized spacial score (nSPS) is 12.2. The molecule has 0 atom stereocenters. The zero-order valence-electron chi connectivity index (χ0n) is 11.4. The van der Waals surface area contributed by atoms with Gasteiger partial charge in [0.15, 0.2) is 15.8 Å². The number of guanidine groups is 1. The van der Waals surface area contributed by atoms with E-state index in [0.29, 0.717) is 17.4 Å². The number of hydrogen-bond acceptors (Lipinski definition) is 3. The number of nitrogens with one attached hydrogen (secondary N) is 2. The predicted octanol–water partition coefficient (Wildman–Crippen LogP) is 1.04. The van der Waals surface area contributed by atoms with Gasteiger partial charge in [0.1, 0.15) is 0 Å². The third-order valence-corrected chi connectivity index (χ3v) is 4.26. The van der Waals surface area contributed by atoms with E-state index in [1.165, 1.54) is 0 Å². The first-order valence-electron chi connectivity index (χ1n) is 6.32. The predicted molar refractivity (Wildman–Crippen MR) is 78.2 cm³/mol. The minimum Gasteiger partial charge on any atom is -0.356 e. The monoisotopic (exact) mass is 283 g/mol. The third-order valence-electron chi connectivity index (χ3n) is 2.53. The fourth-order valence-electron chi connectivity index (χ4n) is 1.51. The number of rotatable bonds is 6. The molecule has 0 amide bonds. The van der Waals surface area contributed by atoms with Gasteiger partial charge >= 0.3 is 0 Å². The molecular formula is C13H21N3O2S. The molecule has 0 bridgehead atoms. The van der Waals surface area contributed by atoms with Crippen molar-refractivity contribution in [3.05, 3.63) is 30.3 Å². The molecule has 106 valence electrons. The van der Waals surface area contributed by atoms with Crippen LogP contribution in [-0.4, -0.2) is 40.3 Å². The maximum atomic E-state index is 12.0. The summed E-state index contributed by atoms with van der Waals surface area (Å²) in [7, 11) is -1.57. The molecule has 19 heavy (non-hydrogen) atoms. The lowest BCUT2D eigenvalue weighted by Crippen LogP contribution is -2.39. The van der Waals surface area contributed by atoms with Gasteiger partial charge in [0.05, 0.1) is 10.6 Å². The summed E-state index contributed by atoms with van der Waals surface area (Å²) in [5.74, 6) is 0.675. The SMILES string of the molecule is CCCNC(=NC)NCCS(=O)(=O)c1ccccc1. The van der Waals surface area contributed by atoms with Crippen LogP contribution in [0.5, 0.6) is 0 Å². The van der Waals surface area contributed by atoms with E-state index in [4.69, 9.17) is 0 Å². The molecule has 0 aliphatic heterocycles. The van der Waals surface area contributed by atoms with Gasteiger partial charge in [-0.05, 0) is 18.6 Å². The van der Waals surface area contributed by atoms with Gasteiger partial charge in [-0.15, -0.1) is 0 Å². The van der Waals surface area contributed by atoms with Crippen LogP contribution in [0.3, 0.4) is 0 Å². The van der Waals surface area contributed by atoms with Gasteiger partial charge in [-0.1, -0.05) is 25.1 Å². The first-order chi connectivity index (χ1) is 9.10. The molecule has 0 aliphatic carbocycles. The average Bonchev–Trinajstić information content (AvgIpc) is 2.43. The maximum Gasteiger partial charge on any atom is 0.191 e. The van der Waals surface area contributed by atoms with E-state index in [9.17, 15) is 8.42 Å². The maximum absolute atomic E-state index is 12.0. The van der Waals surface area contributed by atoms with Gasteiger partial charge in [-0.3, -0.25) is 4.99 Å². The fraction of sp³-hybridized carbons (Fsp3) is 0.462. The Morgan fingerprint density at radius 3 is 2.37 bits per heavy atom. The van der Waals surface area contributed by atoms with Crippen LogP contribution >= 0.6 is 0 Å². The van der Waals surface area contributed by atoms with Gasteiger partial charge in [-0.25, -0.2) is 8.42 Å². The Morgan fingerprint density at radius 2 is 1.79 bits per heavy atom. The molecule has 0 saturated carbocycles. The second-order valence-corrected chi connectivity index (χ2v) is 6.17. The number of nitrogens with zero attached hydrogens (tertiary/aromatic N) is 1. The molecule has 0 unspecified atom stereocenters. The van der Waals surface area contributed by atoms with E-state index in [1.54, 1.807) is 37.4 Å². The fourth-order valence-corrected chi connectivity index (χ4v) is 2.69. The summed E-state index contributed by atoms with van der Waals surface area (Å²) in [6, 6.07) is 8.47. The lowest BCUT2D eigenvalue weighted by atomic mass is 10.4. The van der Waals surface area contributed by atoms with Crippen molar-refractivity contribution >= 4 is 15.8 Å². The summed E-state index contributed by atoms with van der Waals surface area (Å²) in [6.45, 7) is 3.20. The Morgan fingerprint density at radius 1 is 1.16 bits per heavy atom. The molecule has 1 rings (SSSR count). The second-order valence-electron chi connectivity index (χ2n) is 4.06. The third kappa shape index (κ3) is 5.30. The van der Waals surface area contributed by atoms with Crippen LogP contribution < -0.4 is 10.6 Å². The van der Waals surface area contributed by atoms with Crippen molar-refractivity contribution in [2.45, 2.75) is 18.2 Å². The molecule has 1 aromatic carbocycles. The molecule has 0 saturated heterocycles. The number of hydrogen-bond donors (Lipinski definition) is 2. The summed E-state index contributed by atoms with van der Waals surface area (Å²) in [4.78, 5) is 4.37. The van der Waals surface area contributed by atoms with Crippen LogP contribution in [0, 0.1) is 0 Å². The molecular weight excluding hydrogens is 262 g/mol. The molecule has 0 heterocycles. The zero-order valence-corrected chi connectivity index (χ0v) is 12.2. The topological polar surface area (TPSA) is 70.6 Å². The highest BCUT2D eigenvalue weighted by molar-refractivity contribution is 7.91. The molecule has 0 radical (unpaired) electrons. The highest BCUT2D eigenvalue weighted by atomic mass is 32.2. The number of aliphatic imine (C=N–C) groups is 1. The number of sulfone groups is 1. The van der Waals surface area contributed by atoms with Gasteiger partial charge < -0.3 is 10.6 Å². The average molecular weight is 283 g/mol. The molecule has 5 nitrogen and oxygen atoms in total. The molecule has 0 aromatic heterocycles. The highest BCUT2D eigenvalue weighted by Gasteiger charge is 2.13. The summed E-state index contributed by atoms with van der Waals surface area (Å²) < 4.78 is 24.0. The first kappa shape index (κ1) is 15.5. The lowest BCUT2D eigenvalue weighted by Gasteiger charge is -2.11. The Balaban J connectivity index is 2.48. The van der Waals surface area contributed by atoms with Crippen LogP contribution in [0.4, 0.5) is 0 Å². The zero-order chi connectivity index (χ0) is 14.1. The Kier molecular flexibility index (Phi) is 6.35. The van der Waals surface area contributed by atoms with E-state index in [0.717, 1.165) is 13.0 Å². The highest BCUT2D eigenvalue weighted by Crippen LogP contribution is 2.08. The summed E-state index contributed by atoms with van der Waals surface area (Å²) in [5.41, 5.74) is 0. The van der Waals surface area contributed by atoms with Crippen molar-refractivity contribution in [1.29, 1.82) is 0 Å². The van der Waals surface area contributed by atoms with Crippen molar-refractivity contribution in [3.63, 3.8) is 0 Å². The van der Waals surface area contributed by atoms with E-state index >= 15 is 0 Å². The van der Waals surface area contributed by atoms with Crippen LogP contribution in [0.1, 0.15) is 13.3 Å². The second kappa shape index (κ2) is 7.78. The minimum absolute atomic E-state index is 0.0455. The smallest absolute Gasteiger partial charge is 0.191 e. The Bertz CT molecular complexity index is 498. The lowest BCUT2D eigenvalue weighted by molar-refractivity contribution is 0.594. The van der Waals surface area contributed by atoms with Crippen molar-refractivity contribution in [2.75, 3.05) is 25.9 Å². The van der Waals surface area contributed by atoms with Gasteiger partial charge in [-0.2, -0.15) is 0 Å². The van der Waals surface area contributed by atoms with Crippen molar-refractivity contribution in [3.8, 4) is 0 Å². The molecule has 0 fully saturated rings. The van der Waals surface area contributed by atoms with Crippen molar-refractivity contribution < 1.29 is 8.42 Å². The standard InChI is InChI=1S/C13H21N3O2S/c1-3-9-15-13(14-2)16-10-11-19(17,18)12-7-5-4-6-8-12/h4-8H,3,9-11H2,1-2H3,(H2,14,15,16). The van der Waals surface area contributed by atoms with Gasteiger partial charge in [0, 0.05) is 20.1 Å². The number of benzene rings is 1. The van der Waals surface area contributed by atoms with Gasteiger partial charge in [0.2, 0.25) is 0 Å². The van der Waals surface area contributed by atoms with E-state index in [2.05, 4.69) is 22.5 Å². The van der Waals surface area contributed by atoms with E-state index in [1.807, 2.05) is 0 Å². The van der Waals surface area contributed by atoms with Crippen LogP contribution in [0.25, 0.3) is 0 Å². The van der Waals surface area contributed by atoms with E-state index < -0.39 is 9.84 Å². The van der Waals surface area contributed by atoms with Crippen LogP contribution in [0.15, 0.2) is 40.2 Å². The molecule has 6 heteroatoms. The summed E-state index contributed by atoms with van der Waals surface area (Å²) >= 11 is 0. The molecule has 2 N–H and O–H groups in total. The molecule has 1 aromatic rings. The molecule has 0 spiro atoms. The largest absolute Gasteiger partial charge is 0.356 e. The first-order valence-corrected chi connectivity index (χ1v) is 7.97. The van der Waals surface area contributed by atoms with Crippen LogP contribution in [0.2, 0.25) is 0 Å². The van der Waals surface area contributed by atoms with E-state index in [-0.39, 0.29) is 5.75 Å². The van der Waals surface area contributed by atoms with Crippen LogP contribution in [-0.2, 0) is 9.84 Å². The Hall–Kier alpha value is -1.56. The minimum atomic E-state index is -3.23. The Labute approximate surface area is 115 Å².